The van der Waals surface area contributed by atoms with Crippen molar-refractivity contribution < 1.29 is 23.1 Å². The first-order valence-corrected chi connectivity index (χ1v) is 15.0. The van der Waals surface area contributed by atoms with Gasteiger partial charge in [-0.1, -0.05) is 34.6 Å². The number of amides is 3. The van der Waals surface area contributed by atoms with Gasteiger partial charge in [0, 0.05) is 25.1 Å². The summed E-state index contributed by atoms with van der Waals surface area (Å²) in [7, 11) is -1.96. The zero-order chi connectivity index (χ0) is 25.8. The first kappa shape index (κ1) is 28.5. The second-order valence-corrected chi connectivity index (χ2v) is 15.4. The molecule has 0 spiro atoms. The summed E-state index contributed by atoms with van der Waals surface area (Å²) in [6.07, 6.45) is 0.757. The van der Waals surface area contributed by atoms with Crippen LogP contribution in [0.25, 0.3) is 0 Å². The fourth-order valence-corrected chi connectivity index (χ4v) is 4.65. The van der Waals surface area contributed by atoms with Crippen LogP contribution in [-0.2, 0) is 9.22 Å². The Hall–Kier alpha value is -1.75. The number of nitrogens with zero attached hydrogens (tertiary/aromatic N) is 2. The summed E-state index contributed by atoms with van der Waals surface area (Å²) in [5, 5.41) is 4.79. The number of aromatic nitrogens is 1. The SMILES string of the molecule is CCC(C)c1nccc(OCCO[Si](C)(C)C(C)(C)C)c1N(C(=O)NC(C)=O)C1C(Cl)N[C@@H]1F. The number of carbonyl (C=O) groups excluding carboxylic acids is 2. The van der Waals surface area contributed by atoms with Crippen LogP contribution in [0.2, 0.25) is 18.1 Å². The minimum Gasteiger partial charge on any atom is -0.489 e. The Labute approximate surface area is 208 Å². The number of ether oxygens (including phenoxy) is 1. The van der Waals surface area contributed by atoms with E-state index in [1.807, 2.05) is 13.8 Å². The zero-order valence-electron chi connectivity index (χ0n) is 21.4. The second kappa shape index (κ2) is 11.3. The lowest BCUT2D eigenvalue weighted by Gasteiger charge is -2.45. The minimum atomic E-state index is -1.96. The van der Waals surface area contributed by atoms with E-state index in [-0.39, 0.29) is 17.6 Å². The third-order valence-corrected chi connectivity index (χ3v) is 11.5. The normalized spacial score (nSPS) is 21.4. The highest BCUT2D eigenvalue weighted by Crippen LogP contribution is 2.41. The molecule has 34 heavy (non-hydrogen) atoms. The highest BCUT2D eigenvalue weighted by atomic mass is 35.5. The van der Waals surface area contributed by atoms with Crippen LogP contribution in [0.3, 0.4) is 0 Å². The number of nitrogens with one attached hydrogen (secondary N) is 2. The van der Waals surface area contributed by atoms with Crippen LogP contribution in [0.1, 0.15) is 59.6 Å². The maximum atomic E-state index is 14.6. The Morgan fingerprint density at radius 3 is 2.50 bits per heavy atom. The smallest absolute Gasteiger partial charge is 0.329 e. The molecule has 0 bridgehead atoms. The number of imide groups is 1. The molecule has 3 amide bonds. The number of alkyl halides is 2. The van der Waals surface area contributed by atoms with Crippen LogP contribution < -0.4 is 20.3 Å². The predicted molar refractivity (Wildman–Crippen MR) is 135 cm³/mol. The molecular formula is C23H38ClFN4O4Si. The number of anilines is 1. The van der Waals surface area contributed by atoms with Gasteiger partial charge in [0.1, 0.15) is 29.6 Å². The minimum absolute atomic E-state index is 0.0584. The van der Waals surface area contributed by atoms with Gasteiger partial charge in [-0.2, -0.15) is 0 Å². The molecule has 1 aromatic rings. The van der Waals surface area contributed by atoms with Gasteiger partial charge >= 0.3 is 6.03 Å². The van der Waals surface area contributed by atoms with Gasteiger partial charge in [-0.3, -0.25) is 25.3 Å². The molecule has 0 aliphatic carbocycles. The van der Waals surface area contributed by atoms with Crippen LogP contribution in [0.4, 0.5) is 14.9 Å². The van der Waals surface area contributed by atoms with Gasteiger partial charge in [0.05, 0.1) is 12.3 Å². The summed E-state index contributed by atoms with van der Waals surface area (Å²) in [6.45, 7) is 16.6. The van der Waals surface area contributed by atoms with Crippen molar-refractivity contribution in [3.8, 4) is 5.75 Å². The predicted octanol–water partition coefficient (Wildman–Crippen LogP) is 4.89. The zero-order valence-corrected chi connectivity index (χ0v) is 23.1. The summed E-state index contributed by atoms with van der Waals surface area (Å²) in [6, 6.07) is -0.199. The van der Waals surface area contributed by atoms with Gasteiger partial charge in [0.15, 0.2) is 14.6 Å². The van der Waals surface area contributed by atoms with E-state index in [1.165, 1.54) is 11.8 Å². The molecule has 2 N–H and O–H groups in total. The Morgan fingerprint density at radius 1 is 1.35 bits per heavy atom. The van der Waals surface area contributed by atoms with Crippen molar-refractivity contribution >= 4 is 37.5 Å². The van der Waals surface area contributed by atoms with Gasteiger partial charge in [-0.25, -0.2) is 9.18 Å². The number of halogens is 2. The summed E-state index contributed by atoms with van der Waals surface area (Å²) in [5.41, 5.74) is 0.0298. The van der Waals surface area contributed by atoms with E-state index in [9.17, 15) is 14.0 Å². The van der Waals surface area contributed by atoms with Gasteiger partial charge in [0.25, 0.3) is 0 Å². The van der Waals surface area contributed by atoms with Crippen molar-refractivity contribution in [2.24, 2.45) is 0 Å². The molecule has 2 rings (SSSR count). The molecule has 4 atom stereocenters. The monoisotopic (exact) mass is 516 g/mol. The maximum absolute atomic E-state index is 14.6. The molecule has 1 aromatic heterocycles. The van der Waals surface area contributed by atoms with E-state index < -0.39 is 38.1 Å². The molecule has 192 valence electrons. The lowest BCUT2D eigenvalue weighted by atomic mass is 9.99. The fraction of sp³-hybridized carbons (Fsp3) is 0.696. The lowest BCUT2D eigenvalue weighted by Crippen LogP contribution is -2.70. The highest BCUT2D eigenvalue weighted by Gasteiger charge is 2.48. The van der Waals surface area contributed by atoms with E-state index >= 15 is 0 Å². The van der Waals surface area contributed by atoms with Gasteiger partial charge < -0.3 is 9.16 Å². The van der Waals surface area contributed by atoms with Crippen LogP contribution in [0.5, 0.6) is 5.75 Å². The van der Waals surface area contributed by atoms with Crippen LogP contribution in [-0.4, -0.2) is 56.3 Å². The van der Waals surface area contributed by atoms with E-state index in [4.69, 9.17) is 20.8 Å². The van der Waals surface area contributed by atoms with Crippen molar-refractivity contribution in [2.75, 3.05) is 18.1 Å². The van der Waals surface area contributed by atoms with Gasteiger partial charge in [0.2, 0.25) is 5.91 Å². The fourth-order valence-electron chi connectivity index (χ4n) is 3.27. The Balaban J connectivity index is 2.42. The topological polar surface area (TPSA) is 92.8 Å². The van der Waals surface area contributed by atoms with E-state index in [0.717, 1.165) is 6.42 Å². The number of hydrogen-bond acceptors (Lipinski definition) is 6. The van der Waals surface area contributed by atoms with E-state index in [2.05, 4.69) is 49.5 Å². The number of urea groups is 1. The quantitative estimate of drug-likeness (QED) is 0.210. The lowest BCUT2D eigenvalue weighted by molar-refractivity contribution is -0.117. The second-order valence-electron chi connectivity index (χ2n) is 10.1. The molecular weight excluding hydrogens is 479 g/mol. The molecule has 1 aliphatic heterocycles. The molecule has 11 heteroatoms. The molecule has 3 unspecified atom stereocenters. The van der Waals surface area contributed by atoms with E-state index in [0.29, 0.717) is 23.7 Å². The third kappa shape index (κ3) is 6.47. The molecule has 1 aliphatic rings. The van der Waals surface area contributed by atoms with Crippen molar-refractivity contribution in [1.82, 2.24) is 15.6 Å². The Morgan fingerprint density at radius 2 is 2.00 bits per heavy atom. The number of rotatable bonds is 9. The summed E-state index contributed by atoms with van der Waals surface area (Å²) in [5.74, 6) is -0.275. The number of hydrogen-bond donors (Lipinski definition) is 2. The Kier molecular flexibility index (Phi) is 9.49. The molecule has 8 nitrogen and oxygen atoms in total. The summed E-state index contributed by atoms with van der Waals surface area (Å²) >= 11 is 6.24. The third-order valence-electron chi connectivity index (χ3n) is 6.56. The molecule has 0 radical (unpaired) electrons. The molecule has 2 heterocycles. The van der Waals surface area contributed by atoms with Crippen molar-refractivity contribution in [2.45, 2.75) is 89.9 Å². The van der Waals surface area contributed by atoms with Gasteiger partial charge in [-0.15, -0.1) is 11.6 Å². The average molecular weight is 517 g/mol. The Bertz CT molecular complexity index is 875. The molecule has 1 fully saturated rings. The first-order chi connectivity index (χ1) is 15.7. The standard InChI is InChI=1S/C23H38ClFN4O4Si/c1-9-14(2)17-18(29(22(31)27-15(3)30)19-20(24)28-21(19)25)16(10-11-26-17)32-12-13-33-34(7,8)23(4,5)6/h10-11,14,19-21,28H,9,12-13H2,1-8H3,(H,27,30,31)/t14?,19?,20?,21-/m0/s1. The van der Waals surface area contributed by atoms with Crippen molar-refractivity contribution in [3.63, 3.8) is 0 Å². The van der Waals surface area contributed by atoms with Crippen LogP contribution in [0.15, 0.2) is 12.3 Å². The molecule has 1 saturated heterocycles. The van der Waals surface area contributed by atoms with Gasteiger partial charge in [-0.05, 0) is 24.6 Å². The van der Waals surface area contributed by atoms with Crippen molar-refractivity contribution in [1.29, 1.82) is 0 Å². The van der Waals surface area contributed by atoms with Crippen LogP contribution in [0, 0.1) is 0 Å². The summed E-state index contributed by atoms with van der Waals surface area (Å²) in [4.78, 5) is 30.4. The maximum Gasteiger partial charge on any atom is 0.329 e. The number of carbonyl (C=O) groups is 2. The molecule has 0 aromatic carbocycles. The van der Waals surface area contributed by atoms with Crippen LogP contribution >= 0.6 is 11.6 Å². The summed E-state index contributed by atoms with van der Waals surface area (Å²) < 4.78 is 26.9. The largest absolute Gasteiger partial charge is 0.489 e. The van der Waals surface area contributed by atoms with E-state index in [1.54, 1.807) is 12.3 Å². The van der Waals surface area contributed by atoms with Crippen molar-refractivity contribution in [3.05, 3.63) is 18.0 Å². The first-order valence-electron chi connectivity index (χ1n) is 11.6. The number of pyridine rings is 1. The molecule has 0 saturated carbocycles. The highest BCUT2D eigenvalue weighted by molar-refractivity contribution is 6.74. The average Bonchev–Trinajstić information content (AvgIpc) is 2.73.